The van der Waals surface area contributed by atoms with Crippen LogP contribution in [0.3, 0.4) is 0 Å². The van der Waals surface area contributed by atoms with Crippen LogP contribution < -0.4 is 5.32 Å². The Morgan fingerprint density at radius 3 is 2.86 bits per heavy atom. The van der Waals surface area contributed by atoms with Gasteiger partial charge in [0.25, 0.3) is 0 Å². The number of ether oxygens (including phenoxy) is 1. The molecule has 1 fully saturated rings. The van der Waals surface area contributed by atoms with Crippen LogP contribution in [0.1, 0.15) is 31.7 Å². The van der Waals surface area contributed by atoms with Crippen LogP contribution in [0.5, 0.6) is 0 Å². The van der Waals surface area contributed by atoms with Crippen molar-refractivity contribution in [3.63, 3.8) is 0 Å². The fourth-order valence-corrected chi connectivity index (χ4v) is 3.22. The van der Waals surface area contributed by atoms with Crippen LogP contribution in [0, 0.1) is 5.92 Å². The number of nitrogens with zero attached hydrogens (tertiary/aromatic N) is 1. The molecule has 2 aromatic rings. The van der Waals surface area contributed by atoms with E-state index in [2.05, 4.69) is 47.3 Å². The van der Waals surface area contributed by atoms with Gasteiger partial charge in [-0.1, -0.05) is 25.1 Å². The Morgan fingerprint density at radius 1 is 1.24 bits per heavy atom. The number of fused-ring (bicyclic) bond motifs is 1. The van der Waals surface area contributed by atoms with Gasteiger partial charge in [-0.3, -0.25) is 0 Å². The number of rotatable bonds is 6. The Hall–Kier alpha value is -1.32. The summed E-state index contributed by atoms with van der Waals surface area (Å²) in [6, 6.07) is 8.78. The van der Waals surface area contributed by atoms with Crippen molar-refractivity contribution in [3.05, 3.63) is 36.0 Å². The Labute approximate surface area is 127 Å². The maximum Gasteiger partial charge on any atom is 0.0483 e. The molecule has 0 spiro atoms. The van der Waals surface area contributed by atoms with Crippen molar-refractivity contribution in [2.45, 2.75) is 39.3 Å². The van der Waals surface area contributed by atoms with Gasteiger partial charge in [0.1, 0.15) is 0 Å². The van der Waals surface area contributed by atoms with Crippen LogP contribution in [0.4, 0.5) is 0 Å². The van der Waals surface area contributed by atoms with E-state index in [0.29, 0.717) is 0 Å². The third-order valence-electron chi connectivity index (χ3n) is 4.41. The standard InChI is InChI=1S/C18H26N2O/c1-2-9-19-12-16-14-20(13-15-7-10-21-11-8-15)18-6-4-3-5-17(16)18/h3-6,14-15,19H,2,7-13H2,1H3. The molecule has 0 amide bonds. The number of nitrogens with one attached hydrogen (secondary N) is 1. The summed E-state index contributed by atoms with van der Waals surface area (Å²) in [5.41, 5.74) is 2.79. The van der Waals surface area contributed by atoms with Gasteiger partial charge in [-0.2, -0.15) is 0 Å². The van der Waals surface area contributed by atoms with Crippen molar-refractivity contribution in [2.24, 2.45) is 5.92 Å². The topological polar surface area (TPSA) is 26.2 Å². The predicted molar refractivity (Wildman–Crippen MR) is 87.5 cm³/mol. The zero-order chi connectivity index (χ0) is 14.5. The van der Waals surface area contributed by atoms with Crippen molar-refractivity contribution >= 4 is 10.9 Å². The number of benzene rings is 1. The molecule has 0 atom stereocenters. The quantitative estimate of drug-likeness (QED) is 0.822. The molecule has 0 radical (unpaired) electrons. The second-order valence-corrected chi connectivity index (χ2v) is 6.06. The summed E-state index contributed by atoms with van der Waals surface area (Å²) in [5, 5.41) is 4.92. The lowest BCUT2D eigenvalue weighted by molar-refractivity contribution is 0.0616. The second kappa shape index (κ2) is 7.10. The molecule has 114 valence electrons. The van der Waals surface area contributed by atoms with Crippen LogP contribution in [-0.4, -0.2) is 24.3 Å². The van der Waals surface area contributed by atoms with E-state index in [-0.39, 0.29) is 0 Å². The average Bonchev–Trinajstić information content (AvgIpc) is 2.87. The monoisotopic (exact) mass is 286 g/mol. The first-order chi connectivity index (χ1) is 10.4. The highest BCUT2D eigenvalue weighted by atomic mass is 16.5. The fraction of sp³-hybridized carbons (Fsp3) is 0.556. The van der Waals surface area contributed by atoms with Gasteiger partial charge in [-0.05, 0) is 43.4 Å². The minimum atomic E-state index is 0.756. The SMILES string of the molecule is CCCNCc1cn(CC2CCOCC2)c2ccccc12. The normalized spacial score (nSPS) is 16.6. The molecule has 3 rings (SSSR count). The van der Waals surface area contributed by atoms with Crippen LogP contribution >= 0.6 is 0 Å². The number of hydrogen-bond donors (Lipinski definition) is 1. The number of aromatic nitrogens is 1. The molecular weight excluding hydrogens is 260 g/mol. The van der Waals surface area contributed by atoms with Gasteiger partial charge >= 0.3 is 0 Å². The second-order valence-electron chi connectivity index (χ2n) is 6.06. The van der Waals surface area contributed by atoms with Crippen LogP contribution in [0.25, 0.3) is 10.9 Å². The summed E-state index contributed by atoms with van der Waals surface area (Å²) in [5.74, 6) is 0.756. The Balaban J connectivity index is 1.80. The first-order valence-electron chi connectivity index (χ1n) is 8.23. The third-order valence-corrected chi connectivity index (χ3v) is 4.41. The lowest BCUT2D eigenvalue weighted by Crippen LogP contribution is -2.20. The van der Waals surface area contributed by atoms with Gasteiger partial charge in [-0.25, -0.2) is 0 Å². The Morgan fingerprint density at radius 2 is 2.05 bits per heavy atom. The van der Waals surface area contributed by atoms with E-state index in [0.717, 1.165) is 38.8 Å². The van der Waals surface area contributed by atoms with E-state index in [4.69, 9.17) is 4.74 Å². The van der Waals surface area contributed by atoms with E-state index < -0.39 is 0 Å². The highest BCUT2D eigenvalue weighted by Gasteiger charge is 2.16. The average molecular weight is 286 g/mol. The van der Waals surface area contributed by atoms with Crippen molar-refractivity contribution < 1.29 is 4.74 Å². The summed E-state index contributed by atoms with van der Waals surface area (Å²) in [6.07, 6.45) is 5.91. The molecule has 1 aliphatic heterocycles. The first kappa shape index (κ1) is 14.6. The first-order valence-corrected chi connectivity index (χ1v) is 8.23. The highest BCUT2D eigenvalue weighted by molar-refractivity contribution is 5.83. The highest BCUT2D eigenvalue weighted by Crippen LogP contribution is 2.25. The molecular formula is C18H26N2O. The summed E-state index contributed by atoms with van der Waals surface area (Å²) in [6.45, 7) is 7.23. The molecule has 3 heteroatoms. The molecule has 1 aliphatic rings. The smallest absolute Gasteiger partial charge is 0.0483 e. The summed E-state index contributed by atoms with van der Waals surface area (Å²) in [4.78, 5) is 0. The van der Waals surface area contributed by atoms with E-state index in [1.165, 1.54) is 35.7 Å². The maximum atomic E-state index is 5.48. The zero-order valence-corrected chi connectivity index (χ0v) is 13.0. The van der Waals surface area contributed by atoms with Crippen molar-refractivity contribution in [3.8, 4) is 0 Å². The molecule has 0 bridgehead atoms. The van der Waals surface area contributed by atoms with Crippen molar-refractivity contribution in [1.29, 1.82) is 0 Å². The number of para-hydroxylation sites is 1. The zero-order valence-electron chi connectivity index (χ0n) is 13.0. The van der Waals surface area contributed by atoms with Gasteiger partial charge in [0.05, 0.1) is 0 Å². The van der Waals surface area contributed by atoms with Crippen molar-refractivity contribution in [2.75, 3.05) is 19.8 Å². The molecule has 0 unspecified atom stereocenters. The van der Waals surface area contributed by atoms with E-state index in [1.807, 2.05) is 0 Å². The summed E-state index contributed by atoms with van der Waals surface area (Å²) < 4.78 is 7.93. The predicted octanol–water partition coefficient (Wildman–Crippen LogP) is 3.57. The molecule has 1 saturated heterocycles. The van der Waals surface area contributed by atoms with Gasteiger partial charge in [-0.15, -0.1) is 0 Å². The van der Waals surface area contributed by atoms with Crippen LogP contribution in [-0.2, 0) is 17.8 Å². The molecule has 0 aliphatic carbocycles. The molecule has 0 saturated carbocycles. The van der Waals surface area contributed by atoms with Crippen LogP contribution in [0.2, 0.25) is 0 Å². The lowest BCUT2D eigenvalue weighted by Gasteiger charge is -2.22. The van der Waals surface area contributed by atoms with Gasteiger partial charge in [0, 0.05) is 43.4 Å². The largest absolute Gasteiger partial charge is 0.381 e. The lowest BCUT2D eigenvalue weighted by atomic mass is 10.0. The number of hydrogen-bond acceptors (Lipinski definition) is 2. The van der Waals surface area contributed by atoms with E-state index >= 15 is 0 Å². The van der Waals surface area contributed by atoms with Gasteiger partial charge < -0.3 is 14.6 Å². The minimum absolute atomic E-state index is 0.756. The summed E-state index contributed by atoms with van der Waals surface area (Å²) >= 11 is 0. The van der Waals surface area contributed by atoms with Gasteiger partial charge in [0.2, 0.25) is 0 Å². The van der Waals surface area contributed by atoms with E-state index in [9.17, 15) is 0 Å². The molecule has 1 aromatic heterocycles. The minimum Gasteiger partial charge on any atom is -0.381 e. The maximum absolute atomic E-state index is 5.48. The van der Waals surface area contributed by atoms with Crippen molar-refractivity contribution in [1.82, 2.24) is 9.88 Å². The Bertz CT molecular complexity index is 570. The molecule has 21 heavy (non-hydrogen) atoms. The third kappa shape index (κ3) is 3.47. The summed E-state index contributed by atoms with van der Waals surface area (Å²) in [7, 11) is 0. The van der Waals surface area contributed by atoms with Crippen LogP contribution in [0.15, 0.2) is 30.5 Å². The Kier molecular flexibility index (Phi) is 4.94. The molecule has 1 N–H and O–H groups in total. The fourth-order valence-electron chi connectivity index (χ4n) is 3.22. The molecule has 1 aromatic carbocycles. The molecule has 2 heterocycles. The van der Waals surface area contributed by atoms with Gasteiger partial charge in [0.15, 0.2) is 0 Å². The molecule has 3 nitrogen and oxygen atoms in total. The van der Waals surface area contributed by atoms with E-state index in [1.54, 1.807) is 0 Å².